The maximum atomic E-state index is 5.11. The maximum absolute atomic E-state index is 5.11. The Kier molecular flexibility index (Phi) is 5.78. The second-order valence-corrected chi connectivity index (χ2v) is 11.3. The van der Waals surface area contributed by atoms with Crippen LogP contribution in [0, 0.1) is 0 Å². The van der Waals surface area contributed by atoms with Crippen LogP contribution in [0.2, 0.25) is 0 Å². The van der Waals surface area contributed by atoms with Gasteiger partial charge in [-0.25, -0.2) is 15.0 Å². The topological polar surface area (TPSA) is 43.6 Å². The molecule has 0 aliphatic carbocycles. The van der Waals surface area contributed by atoms with Crippen LogP contribution < -0.4 is 0 Å². The summed E-state index contributed by atoms with van der Waals surface area (Å²) in [4.78, 5) is 15.1. The fourth-order valence-corrected chi connectivity index (χ4v) is 6.47. The SMILES string of the molecule is c1ccc(-c2nc(-c3ccccc3)nc(-c3cc(-n4c5ccccc5c5cc6ccccc6cc54)cc4ccccc34)n2)cc1. The molecule has 0 atom stereocenters. The number of rotatable bonds is 4. The summed E-state index contributed by atoms with van der Waals surface area (Å²) >= 11 is 0. The summed E-state index contributed by atoms with van der Waals surface area (Å²) in [6.07, 6.45) is 0. The summed E-state index contributed by atoms with van der Waals surface area (Å²) < 4.78 is 2.38. The lowest BCUT2D eigenvalue weighted by Gasteiger charge is -2.14. The van der Waals surface area contributed by atoms with E-state index in [4.69, 9.17) is 15.0 Å². The highest BCUT2D eigenvalue weighted by molar-refractivity contribution is 6.14. The zero-order chi connectivity index (χ0) is 29.7. The summed E-state index contributed by atoms with van der Waals surface area (Å²) in [6, 6.07) is 55.1. The third kappa shape index (κ3) is 4.27. The summed E-state index contributed by atoms with van der Waals surface area (Å²) in [5.74, 6) is 1.95. The third-order valence-corrected chi connectivity index (χ3v) is 8.59. The van der Waals surface area contributed by atoms with Crippen LogP contribution in [0.1, 0.15) is 0 Å². The fraction of sp³-hybridized carbons (Fsp3) is 0. The monoisotopic (exact) mass is 574 g/mol. The van der Waals surface area contributed by atoms with Crippen molar-refractivity contribution in [3.8, 4) is 39.9 Å². The van der Waals surface area contributed by atoms with Crippen molar-refractivity contribution in [3.05, 3.63) is 158 Å². The zero-order valence-corrected chi connectivity index (χ0v) is 24.3. The molecule has 0 aliphatic heterocycles. The van der Waals surface area contributed by atoms with Crippen LogP contribution in [0.15, 0.2) is 158 Å². The van der Waals surface area contributed by atoms with Crippen molar-refractivity contribution in [1.29, 1.82) is 0 Å². The average Bonchev–Trinajstić information content (AvgIpc) is 3.44. The van der Waals surface area contributed by atoms with Gasteiger partial charge in [-0.15, -0.1) is 0 Å². The number of nitrogens with zero attached hydrogens (tertiary/aromatic N) is 4. The van der Waals surface area contributed by atoms with Crippen molar-refractivity contribution < 1.29 is 0 Å². The molecule has 9 rings (SSSR count). The Bertz CT molecular complexity index is 2470. The van der Waals surface area contributed by atoms with Gasteiger partial charge in [0.05, 0.1) is 11.0 Å². The molecule has 0 saturated heterocycles. The molecule has 210 valence electrons. The molecule has 7 aromatic carbocycles. The molecule has 0 aliphatic rings. The number of hydrogen-bond acceptors (Lipinski definition) is 3. The molecule has 0 fully saturated rings. The minimum Gasteiger partial charge on any atom is -0.309 e. The van der Waals surface area contributed by atoms with Gasteiger partial charge >= 0.3 is 0 Å². The highest BCUT2D eigenvalue weighted by Crippen LogP contribution is 2.38. The smallest absolute Gasteiger partial charge is 0.164 e. The Morgan fingerprint density at radius 3 is 1.58 bits per heavy atom. The molecule has 2 heterocycles. The van der Waals surface area contributed by atoms with Crippen LogP contribution in [0.3, 0.4) is 0 Å². The molecular weight excluding hydrogens is 548 g/mol. The van der Waals surface area contributed by atoms with E-state index in [9.17, 15) is 0 Å². The maximum Gasteiger partial charge on any atom is 0.164 e. The molecular formula is C41H26N4. The van der Waals surface area contributed by atoms with Crippen molar-refractivity contribution >= 4 is 43.4 Å². The lowest BCUT2D eigenvalue weighted by Crippen LogP contribution is -2.02. The van der Waals surface area contributed by atoms with Gasteiger partial charge in [-0.1, -0.05) is 127 Å². The van der Waals surface area contributed by atoms with E-state index in [2.05, 4.69) is 102 Å². The Hall–Kier alpha value is -6.13. The van der Waals surface area contributed by atoms with Crippen LogP contribution in [0.5, 0.6) is 0 Å². The van der Waals surface area contributed by atoms with Crippen molar-refractivity contribution in [2.75, 3.05) is 0 Å². The molecule has 0 spiro atoms. The number of benzene rings is 7. The van der Waals surface area contributed by atoms with E-state index >= 15 is 0 Å². The summed E-state index contributed by atoms with van der Waals surface area (Å²) in [7, 11) is 0. The molecule has 4 nitrogen and oxygen atoms in total. The van der Waals surface area contributed by atoms with E-state index in [0.29, 0.717) is 17.5 Å². The summed E-state index contributed by atoms with van der Waals surface area (Å²) in [5, 5.41) is 7.13. The molecule has 45 heavy (non-hydrogen) atoms. The standard InChI is InChI=1S/C41H26N4/c1-3-13-27(14-4-1)39-42-40(28-15-5-2-6-16-28)44-41(43-39)36-26-32(23-31-19-9-10-20-33(31)36)45-37-22-12-11-21-34(37)35-24-29-17-7-8-18-30(29)25-38(35)45/h1-26H. The van der Waals surface area contributed by atoms with Crippen LogP contribution in [0.25, 0.3) is 83.2 Å². The predicted molar refractivity (Wildman–Crippen MR) is 185 cm³/mol. The van der Waals surface area contributed by atoms with Crippen molar-refractivity contribution in [2.24, 2.45) is 0 Å². The molecule has 9 aromatic rings. The largest absolute Gasteiger partial charge is 0.309 e. The zero-order valence-electron chi connectivity index (χ0n) is 24.3. The normalized spacial score (nSPS) is 11.6. The van der Waals surface area contributed by atoms with Crippen LogP contribution in [-0.4, -0.2) is 19.5 Å². The second kappa shape index (κ2) is 10.2. The van der Waals surface area contributed by atoms with Gasteiger partial charge in [0.25, 0.3) is 0 Å². The van der Waals surface area contributed by atoms with Gasteiger partial charge in [-0.05, 0) is 51.9 Å². The van der Waals surface area contributed by atoms with E-state index in [1.54, 1.807) is 0 Å². The van der Waals surface area contributed by atoms with Gasteiger partial charge in [-0.2, -0.15) is 0 Å². The van der Waals surface area contributed by atoms with Crippen LogP contribution in [-0.2, 0) is 0 Å². The first kappa shape index (κ1) is 25.4. The van der Waals surface area contributed by atoms with E-state index in [1.807, 2.05) is 60.7 Å². The third-order valence-electron chi connectivity index (χ3n) is 8.59. The lowest BCUT2D eigenvalue weighted by molar-refractivity contribution is 1.07. The van der Waals surface area contributed by atoms with Gasteiger partial charge < -0.3 is 4.57 Å². The van der Waals surface area contributed by atoms with Gasteiger partial charge in [0, 0.05) is 33.2 Å². The first-order valence-corrected chi connectivity index (χ1v) is 15.1. The Morgan fingerprint density at radius 2 is 0.889 bits per heavy atom. The Balaban J connectivity index is 1.36. The lowest BCUT2D eigenvalue weighted by atomic mass is 10.0. The van der Waals surface area contributed by atoms with Crippen molar-refractivity contribution in [2.45, 2.75) is 0 Å². The number of para-hydroxylation sites is 1. The van der Waals surface area contributed by atoms with E-state index in [-0.39, 0.29) is 0 Å². The first-order valence-electron chi connectivity index (χ1n) is 15.1. The van der Waals surface area contributed by atoms with Crippen LogP contribution in [0.4, 0.5) is 0 Å². The minimum atomic E-state index is 0.645. The first-order chi connectivity index (χ1) is 22.3. The highest BCUT2D eigenvalue weighted by Gasteiger charge is 2.18. The Morgan fingerprint density at radius 1 is 0.356 bits per heavy atom. The molecule has 0 unspecified atom stereocenters. The van der Waals surface area contributed by atoms with Crippen LogP contribution >= 0.6 is 0 Å². The van der Waals surface area contributed by atoms with E-state index in [0.717, 1.165) is 38.7 Å². The number of aromatic nitrogens is 4. The van der Waals surface area contributed by atoms with Gasteiger partial charge in [0.1, 0.15) is 0 Å². The van der Waals surface area contributed by atoms with E-state index in [1.165, 1.54) is 27.1 Å². The molecule has 2 aromatic heterocycles. The van der Waals surface area contributed by atoms with Crippen molar-refractivity contribution in [3.63, 3.8) is 0 Å². The highest BCUT2D eigenvalue weighted by atomic mass is 15.0. The van der Waals surface area contributed by atoms with Gasteiger partial charge in [-0.3, -0.25) is 0 Å². The molecule has 0 amide bonds. The summed E-state index contributed by atoms with van der Waals surface area (Å²) in [5.41, 5.74) is 6.26. The number of hydrogen-bond donors (Lipinski definition) is 0. The quantitative estimate of drug-likeness (QED) is 0.210. The van der Waals surface area contributed by atoms with Gasteiger partial charge in [0.15, 0.2) is 17.5 Å². The van der Waals surface area contributed by atoms with Gasteiger partial charge in [0.2, 0.25) is 0 Å². The number of fused-ring (bicyclic) bond motifs is 5. The molecule has 0 N–H and O–H groups in total. The van der Waals surface area contributed by atoms with Crippen molar-refractivity contribution in [1.82, 2.24) is 19.5 Å². The summed E-state index contributed by atoms with van der Waals surface area (Å²) in [6.45, 7) is 0. The average molecular weight is 575 g/mol. The Labute approximate surface area is 259 Å². The molecule has 0 saturated carbocycles. The predicted octanol–water partition coefficient (Wildman–Crippen LogP) is 10.3. The molecule has 4 heteroatoms. The second-order valence-electron chi connectivity index (χ2n) is 11.3. The van der Waals surface area contributed by atoms with E-state index < -0.39 is 0 Å². The minimum absolute atomic E-state index is 0.645. The molecule has 0 bridgehead atoms. The fourth-order valence-electron chi connectivity index (χ4n) is 6.47. The molecule has 0 radical (unpaired) electrons.